The van der Waals surface area contributed by atoms with Crippen LogP contribution in [0.1, 0.15) is 18.5 Å². The number of halogens is 2. The van der Waals surface area contributed by atoms with Gasteiger partial charge in [0.15, 0.2) is 0 Å². The van der Waals surface area contributed by atoms with E-state index in [0.29, 0.717) is 0 Å². The van der Waals surface area contributed by atoms with Crippen LogP contribution in [0, 0.1) is 5.82 Å². The Bertz CT molecular complexity index is 754. The van der Waals surface area contributed by atoms with Crippen molar-refractivity contribution in [3.05, 3.63) is 52.5 Å². The van der Waals surface area contributed by atoms with Crippen LogP contribution in [0.2, 0.25) is 0 Å². The van der Waals surface area contributed by atoms with E-state index >= 15 is 0 Å². The van der Waals surface area contributed by atoms with Gasteiger partial charge in [0.05, 0.1) is 10.6 Å². The van der Waals surface area contributed by atoms with Gasteiger partial charge in [0.25, 0.3) is 0 Å². The molecule has 1 aromatic carbocycles. The van der Waals surface area contributed by atoms with Crippen molar-refractivity contribution in [3.8, 4) is 0 Å². The molecule has 0 saturated carbocycles. The third kappa shape index (κ3) is 3.58. The number of hydrogen-bond donors (Lipinski definition) is 2. The molecule has 0 fully saturated rings. The lowest BCUT2D eigenvalue weighted by atomic mass is 10.1. The van der Waals surface area contributed by atoms with Crippen molar-refractivity contribution in [2.24, 2.45) is 0 Å². The van der Waals surface area contributed by atoms with Gasteiger partial charge < -0.3 is 5.73 Å². The number of hydrogen-bond acceptors (Lipinski definition) is 4. The topological polar surface area (TPSA) is 85.1 Å². The summed E-state index contributed by atoms with van der Waals surface area (Å²) in [6, 6.07) is 5.07. The highest BCUT2D eigenvalue weighted by Gasteiger charge is 2.22. The lowest BCUT2D eigenvalue weighted by Crippen LogP contribution is -2.27. The van der Waals surface area contributed by atoms with E-state index in [1.54, 1.807) is 31.5 Å². The van der Waals surface area contributed by atoms with Crippen molar-refractivity contribution in [3.63, 3.8) is 0 Å². The zero-order valence-corrected chi connectivity index (χ0v) is 13.4. The maximum absolute atomic E-state index is 13.3. The zero-order chi connectivity index (χ0) is 15.6. The van der Waals surface area contributed by atoms with Gasteiger partial charge in [0.1, 0.15) is 5.82 Å². The summed E-state index contributed by atoms with van der Waals surface area (Å²) in [6.07, 6.45) is 3.15. The van der Waals surface area contributed by atoms with Gasteiger partial charge in [-0.1, -0.05) is 0 Å². The number of nitrogens with two attached hydrogens (primary N) is 1. The number of nitrogen functional groups attached to an aromatic ring is 1. The molecule has 1 heterocycles. The van der Waals surface area contributed by atoms with E-state index in [4.69, 9.17) is 5.73 Å². The van der Waals surface area contributed by atoms with Crippen molar-refractivity contribution >= 4 is 31.6 Å². The lowest BCUT2D eigenvalue weighted by Gasteiger charge is -2.15. The van der Waals surface area contributed by atoms with Crippen LogP contribution in [-0.4, -0.2) is 13.4 Å². The molecule has 0 aliphatic carbocycles. The summed E-state index contributed by atoms with van der Waals surface area (Å²) in [5.41, 5.74) is 5.97. The van der Waals surface area contributed by atoms with Crippen molar-refractivity contribution in [2.75, 3.05) is 5.73 Å². The van der Waals surface area contributed by atoms with Gasteiger partial charge in [-0.05, 0) is 52.7 Å². The van der Waals surface area contributed by atoms with E-state index < -0.39 is 21.9 Å². The second-order valence-corrected chi connectivity index (χ2v) is 6.96. The molecule has 21 heavy (non-hydrogen) atoms. The zero-order valence-electron chi connectivity index (χ0n) is 11.0. The molecule has 0 amide bonds. The minimum atomic E-state index is -3.84. The highest BCUT2D eigenvalue weighted by Crippen LogP contribution is 2.27. The number of nitrogens with zero attached hydrogens (tertiary/aromatic N) is 1. The Morgan fingerprint density at radius 2 is 1.95 bits per heavy atom. The highest BCUT2D eigenvalue weighted by molar-refractivity contribution is 9.10. The predicted octanol–water partition coefficient (Wildman–Crippen LogP) is 2.60. The molecule has 1 atom stereocenters. The monoisotopic (exact) mass is 373 g/mol. The van der Waals surface area contributed by atoms with Crippen LogP contribution in [0.15, 0.2) is 46.0 Å². The SMILES string of the molecule is CC(NS(=O)(=O)c1cc(N)c(F)cc1Br)c1ccncc1. The van der Waals surface area contributed by atoms with Crippen LogP contribution in [0.5, 0.6) is 0 Å². The van der Waals surface area contributed by atoms with E-state index in [-0.39, 0.29) is 15.1 Å². The first-order chi connectivity index (χ1) is 9.81. The second-order valence-electron chi connectivity index (χ2n) is 4.43. The maximum atomic E-state index is 13.3. The summed E-state index contributed by atoms with van der Waals surface area (Å²) in [4.78, 5) is 3.77. The molecule has 2 rings (SSSR count). The van der Waals surface area contributed by atoms with Crippen LogP contribution >= 0.6 is 15.9 Å². The van der Waals surface area contributed by atoms with Gasteiger partial charge >= 0.3 is 0 Å². The largest absolute Gasteiger partial charge is 0.396 e. The molecule has 0 saturated heterocycles. The molecular weight excluding hydrogens is 361 g/mol. The molecule has 1 aromatic heterocycles. The van der Waals surface area contributed by atoms with E-state index in [2.05, 4.69) is 25.6 Å². The predicted molar refractivity (Wildman–Crippen MR) is 81.5 cm³/mol. The summed E-state index contributed by atoms with van der Waals surface area (Å²) in [7, 11) is -3.84. The molecule has 112 valence electrons. The van der Waals surface area contributed by atoms with Crippen LogP contribution in [0.4, 0.5) is 10.1 Å². The minimum absolute atomic E-state index is 0.109. The standard InChI is InChI=1S/C13H13BrFN3O2S/c1-8(9-2-4-17-5-3-9)18-21(19,20)13-7-12(16)11(15)6-10(13)14/h2-8,18H,16H2,1H3. The molecular formula is C13H13BrFN3O2S. The summed E-state index contributed by atoms with van der Waals surface area (Å²) in [5, 5.41) is 0. The number of sulfonamides is 1. The van der Waals surface area contributed by atoms with Gasteiger partial charge in [-0.2, -0.15) is 0 Å². The molecule has 5 nitrogen and oxygen atoms in total. The molecule has 0 aliphatic heterocycles. The minimum Gasteiger partial charge on any atom is -0.396 e. The van der Waals surface area contributed by atoms with Crippen LogP contribution in [0.25, 0.3) is 0 Å². The van der Waals surface area contributed by atoms with Gasteiger partial charge in [-0.25, -0.2) is 17.5 Å². The molecule has 2 aromatic rings. The Morgan fingerprint density at radius 1 is 1.33 bits per heavy atom. The fraction of sp³-hybridized carbons (Fsp3) is 0.154. The molecule has 3 N–H and O–H groups in total. The quantitative estimate of drug-likeness (QED) is 0.806. The van der Waals surface area contributed by atoms with Crippen molar-refractivity contribution in [1.82, 2.24) is 9.71 Å². The number of pyridine rings is 1. The van der Waals surface area contributed by atoms with Crippen molar-refractivity contribution in [1.29, 1.82) is 0 Å². The van der Waals surface area contributed by atoms with Gasteiger partial charge in [-0.15, -0.1) is 0 Å². The average molecular weight is 374 g/mol. The van der Waals surface area contributed by atoms with Crippen molar-refractivity contribution < 1.29 is 12.8 Å². The Morgan fingerprint density at radius 3 is 2.57 bits per heavy atom. The summed E-state index contributed by atoms with van der Waals surface area (Å²) in [5.74, 6) is -0.678. The molecule has 0 spiro atoms. The van der Waals surface area contributed by atoms with Crippen molar-refractivity contribution in [2.45, 2.75) is 17.9 Å². The molecule has 0 aliphatic rings. The number of nitrogens with one attached hydrogen (secondary N) is 1. The van der Waals surface area contributed by atoms with E-state index in [9.17, 15) is 12.8 Å². The maximum Gasteiger partial charge on any atom is 0.242 e. The van der Waals surface area contributed by atoms with Crippen LogP contribution in [0.3, 0.4) is 0 Å². The normalized spacial score (nSPS) is 13.1. The fourth-order valence-electron chi connectivity index (χ4n) is 1.77. The van der Waals surface area contributed by atoms with Crippen LogP contribution in [-0.2, 0) is 10.0 Å². The van der Waals surface area contributed by atoms with Gasteiger partial charge in [0, 0.05) is 22.9 Å². The Balaban J connectivity index is 2.33. The summed E-state index contributed by atoms with van der Waals surface area (Å²) < 4.78 is 40.7. The first-order valence-electron chi connectivity index (χ1n) is 5.98. The number of rotatable bonds is 4. The Hall–Kier alpha value is -1.51. The third-order valence-corrected chi connectivity index (χ3v) is 5.38. The van der Waals surface area contributed by atoms with Gasteiger partial charge in [0.2, 0.25) is 10.0 Å². The van der Waals surface area contributed by atoms with Crippen LogP contribution < -0.4 is 10.5 Å². The first-order valence-corrected chi connectivity index (χ1v) is 8.25. The first kappa shape index (κ1) is 15.9. The fourth-order valence-corrected chi connectivity index (χ4v) is 4.05. The number of aromatic nitrogens is 1. The Labute approximate surface area is 130 Å². The summed E-state index contributed by atoms with van der Waals surface area (Å²) >= 11 is 3.04. The number of anilines is 1. The molecule has 0 bridgehead atoms. The molecule has 8 heteroatoms. The second kappa shape index (κ2) is 6.08. The van der Waals surface area contributed by atoms with E-state index in [1.807, 2.05) is 0 Å². The van der Waals surface area contributed by atoms with E-state index in [1.165, 1.54) is 0 Å². The molecule has 0 radical (unpaired) electrons. The molecule has 1 unspecified atom stereocenters. The van der Waals surface area contributed by atoms with Gasteiger partial charge in [-0.3, -0.25) is 4.98 Å². The smallest absolute Gasteiger partial charge is 0.242 e. The highest BCUT2D eigenvalue weighted by atomic mass is 79.9. The third-order valence-electron chi connectivity index (χ3n) is 2.88. The Kier molecular flexibility index (Phi) is 4.60. The average Bonchev–Trinajstić information content (AvgIpc) is 2.43. The lowest BCUT2D eigenvalue weighted by molar-refractivity contribution is 0.565. The summed E-state index contributed by atoms with van der Waals surface area (Å²) in [6.45, 7) is 1.70. The number of benzene rings is 1. The van der Waals surface area contributed by atoms with E-state index in [0.717, 1.165) is 17.7 Å².